The van der Waals surface area contributed by atoms with E-state index < -0.39 is 0 Å². The molecule has 0 spiro atoms. The predicted octanol–water partition coefficient (Wildman–Crippen LogP) is 3.76. The Bertz CT molecular complexity index is 405. The van der Waals surface area contributed by atoms with Crippen LogP contribution in [-0.2, 0) is 12.8 Å². The maximum Gasteiger partial charge on any atom is 0.0167 e. The maximum absolute atomic E-state index is 2.69. The van der Waals surface area contributed by atoms with E-state index in [-0.39, 0.29) is 0 Å². The van der Waals surface area contributed by atoms with Gasteiger partial charge >= 0.3 is 0 Å². The summed E-state index contributed by atoms with van der Waals surface area (Å²) in [5, 5.41) is 0. The molecule has 98 valence electrons. The van der Waals surface area contributed by atoms with Crippen molar-refractivity contribution < 1.29 is 0 Å². The third kappa shape index (κ3) is 1.89. The molecule has 0 saturated carbocycles. The molecule has 1 aromatic carbocycles. The van der Waals surface area contributed by atoms with Crippen LogP contribution in [0.5, 0.6) is 0 Å². The molecule has 0 saturated heterocycles. The average molecular weight is 243 g/mol. The van der Waals surface area contributed by atoms with Gasteiger partial charge in [0.25, 0.3) is 0 Å². The van der Waals surface area contributed by atoms with Crippen LogP contribution in [0.25, 0.3) is 0 Å². The van der Waals surface area contributed by atoms with Gasteiger partial charge in [-0.05, 0) is 61.9 Å². The molecule has 18 heavy (non-hydrogen) atoms. The van der Waals surface area contributed by atoms with Crippen LogP contribution < -0.4 is 0 Å². The minimum absolute atomic E-state index is 0.800. The van der Waals surface area contributed by atoms with Crippen LogP contribution >= 0.6 is 0 Å². The van der Waals surface area contributed by atoms with E-state index in [1.54, 1.807) is 16.7 Å². The molecule has 0 N–H and O–H groups in total. The molecule has 1 nitrogen and oxygen atoms in total. The zero-order valence-corrected chi connectivity index (χ0v) is 11.8. The molecular weight excluding hydrogens is 218 g/mol. The second-order valence-electron chi connectivity index (χ2n) is 5.82. The van der Waals surface area contributed by atoms with Gasteiger partial charge in [-0.2, -0.15) is 0 Å². The highest BCUT2D eigenvalue weighted by Crippen LogP contribution is 2.43. The van der Waals surface area contributed by atoms with Crippen molar-refractivity contribution in [2.75, 3.05) is 13.1 Å². The molecule has 0 amide bonds. The van der Waals surface area contributed by atoms with Gasteiger partial charge in [0.1, 0.15) is 0 Å². The van der Waals surface area contributed by atoms with Gasteiger partial charge in [0.15, 0.2) is 0 Å². The summed E-state index contributed by atoms with van der Waals surface area (Å²) >= 11 is 0. The molecule has 0 fully saturated rings. The molecule has 0 bridgehead atoms. The first-order valence-electron chi connectivity index (χ1n) is 7.69. The zero-order chi connectivity index (χ0) is 12.5. The Morgan fingerprint density at radius 3 is 2.50 bits per heavy atom. The number of likely N-dealkylation sites (N-methyl/N-ethyl adjacent to an activating group) is 1. The summed E-state index contributed by atoms with van der Waals surface area (Å²) in [4.78, 5) is 2.69. The highest BCUT2D eigenvalue weighted by Gasteiger charge is 2.35. The van der Waals surface area contributed by atoms with Crippen molar-refractivity contribution in [3.63, 3.8) is 0 Å². The summed E-state index contributed by atoms with van der Waals surface area (Å²) in [6, 6.07) is 7.81. The van der Waals surface area contributed by atoms with Gasteiger partial charge < -0.3 is 4.90 Å². The van der Waals surface area contributed by atoms with E-state index in [2.05, 4.69) is 36.9 Å². The number of rotatable bonds is 3. The lowest BCUT2D eigenvalue weighted by atomic mass is 9.70. The lowest BCUT2D eigenvalue weighted by Crippen LogP contribution is -2.43. The van der Waals surface area contributed by atoms with Crippen molar-refractivity contribution in [1.82, 2.24) is 4.90 Å². The number of hydrogen-bond acceptors (Lipinski definition) is 1. The second kappa shape index (κ2) is 5.05. The first kappa shape index (κ1) is 12.2. The van der Waals surface area contributed by atoms with Crippen molar-refractivity contribution in [2.45, 2.75) is 57.9 Å². The van der Waals surface area contributed by atoms with Crippen LogP contribution in [0.1, 0.15) is 55.7 Å². The van der Waals surface area contributed by atoms with Crippen LogP contribution in [0.2, 0.25) is 0 Å². The largest absolute Gasteiger partial charge is 0.300 e. The van der Waals surface area contributed by atoms with Crippen molar-refractivity contribution in [3.05, 3.63) is 34.9 Å². The molecule has 0 aromatic heterocycles. The van der Waals surface area contributed by atoms with Crippen LogP contribution in [0.15, 0.2) is 18.2 Å². The Kier molecular flexibility index (Phi) is 3.43. The summed E-state index contributed by atoms with van der Waals surface area (Å²) in [7, 11) is 0. The van der Waals surface area contributed by atoms with Gasteiger partial charge in [0.2, 0.25) is 0 Å². The molecule has 2 unspecified atom stereocenters. The standard InChI is InChI=1S/C17H25N/c1-3-18(4-2)16-12-11-14-8-5-7-13-9-6-10-15(16)17(13)14/h5,7-8,15-16H,3-4,6,9-12H2,1-2H3. The molecule has 0 aliphatic heterocycles. The van der Waals surface area contributed by atoms with Gasteiger partial charge in [0.05, 0.1) is 0 Å². The van der Waals surface area contributed by atoms with E-state index in [0.717, 1.165) is 12.0 Å². The van der Waals surface area contributed by atoms with Gasteiger partial charge in [-0.3, -0.25) is 0 Å². The summed E-state index contributed by atoms with van der Waals surface area (Å²) < 4.78 is 0. The number of nitrogens with zero attached hydrogens (tertiary/aromatic N) is 1. The van der Waals surface area contributed by atoms with Crippen molar-refractivity contribution in [1.29, 1.82) is 0 Å². The van der Waals surface area contributed by atoms with E-state index in [1.807, 2.05) is 0 Å². The fraction of sp³-hybridized carbons (Fsp3) is 0.647. The van der Waals surface area contributed by atoms with Crippen LogP contribution in [-0.4, -0.2) is 24.0 Å². The highest BCUT2D eigenvalue weighted by molar-refractivity contribution is 5.42. The fourth-order valence-corrected chi connectivity index (χ4v) is 4.25. The Balaban J connectivity index is 1.98. The Labute approximate surface area is 111 Å². The van der Waals surface area contributed by atoms with E-state index in [4.69, 9.17) is 0 Å². The summed E-state index contributed by atoms with van der Waals surface area (Å²) in [6.45, 7) is 7.03. The molecule has 0 radical (unpaired) electrons. The molecule has 2 aliphatic rings. The van der Waals surface area contributed by atoms with Crippen LogP contribution in [0.3, 0.4) is 0 Å². The number of benzene rings is 1. The Morgan fingerprint density at radius 1 is 1.06 bits per heavy atom. The normalized spacial score (nSPS) is 26.2. The smallest absolute Gasteiger partial charge is 0.0167 e. The molecular formula is C17H25N. The molecule has 1 aromatic rings. The highest BCUT2D eigenvalue weighted by atomic mass is 15.1. The third-order valence-electron chi connectivity index (χ3n) is 5.07. The topological polar surface area (TPSA) is 3.24 Å². The Hall–Kier alpha value is -0.820. The van der Waals surface area contributed by atoms with E-state index in [0.29, 0.717) is 0 Å². The van der Waals surface area contributed by atoms with Gasteiger partial charge in [-0.1, -0.05) is 32.0 Å². The van der Waals surface area contributed by atoms with Gasteiger partial charge in [-0.15, -0.1) is 0 Å². The van der Waals surface area contributed by atoms with Crippen LogP contribution in [0, 0.1) is 0 Å². The quantitative estimate of drug-likeness (QED) is 0.781. The van der Waals surface area contributed by atoms with E-state index >= 15 is 0 Å². The minimum Gasteiger partial charge on any atom is -0.300 e. The SMILES string of the molecule is CCN(CC)C1CCc2cccc3c2C1CCC3. The third-order valence-corrected chi connectivity index (χ3v) is 5.07. The van der Waals surface area contributed by atoms with E-state index in [9.17, 15) is 0 Å². The van der Waals surface area contributed by atoms with Crippen LogP contribution in [0.4, 0.5) is 0 Å². The first-order chi connectivity index (χ1) is 8.85. The number of aryl methyl sites for hydroxylation is 2. The lowest BCUT2D eigenvalue weighted by molar-refractivity contribution is 0.160. The molecule has 1 heteroatoms. The van der Waals surface area contributed by atoms with Gasteiger partial charge in [-0.25, -0.2) is 0 Å². The van der Waals surface area contributed by atoms with Crippen molar-refractivity contribution in [2.24, 2.45) is 0 Å². The first-order valence-corrected chi connectivity index (χ1v) is 7.69. The minimum atomic E-state index is 0.800. The molecule has 2 atom stereocenters. The Morgan fingerprint density at radius 2 is 1.78 bits per heavy atom. The second-order valence-corrected chi connectivity index (χ2v) is 5.82. The lowest BCUT2D eigenvalue weighted by Gasteiger charge is -2.43. The summed E-state index contributed by atoms with van der Waals surface area (Å²) in [6.07, 6.45) is 6.76. The monoisotopic (exact) mass is 243 g/mol. The maximum atomic E-state index is 2.69. The van der Waals surface area contributed by atoms with Gasteiger partial charge in [0, 0.05) is 12.0 Å². The zero-order valence-electron chi connectivity index (χ0n) is 11.8. The van der Waals surface area contributed by atoms with Crippen molar-refractivity contribution in [3.8, 4) is 0 Å². The molecule has 0 heterocycles. The predicted molar refractivity (Wildman–Crippen MR) is 77.2 cm³/mol. The summed E-state index contributed by atoms with van der Waals surface area (Å²) in [5.74, 6) is 0.818. The fourth-order valence-electron chi connectivity index (χ4n) is 4.25. The number of hydrogen-bond donors (Lipinski definition) is 0. The van der Waals surface area contributed by atoms with E-state index in [1.165, 1.54) is 45.2 Å². The molecule has 2 aliphatic carbocycles. The summed E-state index contributed by atoms with van der Waals surface area (Å²) in [5.41, 5.74) is 5.05. The average Bonchev–Trinajstić information content (AvgIpc) is 2.43. The van der Waals surface area contributed by atoms with Crippen molar-refractivity contribution >= 4 is 0 Å². The molecule has 3 rings (SSSR count).